The quantitative estimate of drug-likeness (QED) is 0.402. The third-order valence-corrected chi connectivity index (χ3v) is 6.06. The molecule has 0 spiro atoms. The van der Waals surface area contributed by atoms with E-state index in [1.807, 2.05) is 0 Å². The number of halogens is 1. The molecule has 0 saturated carbocycles. The number of thiazole rings is 1. The van der Waals surface area contributed by atoms with Gasteiger partial charge in [0.25, 0.3) is 0 Å². The van der Waals surface area contributed by atoms with Crippen LogP contribution in [-0.2, 0) is 6.54 Å². The standard InChI is InChI=1S/C18H31N5S.HI/c1-4-19-18(20-11-17-14(2)21-15(3)24-17)23-10-7-16(13-23)12-22-8-5-6-9-22;/h16H,4-13H2,1-3H3,(H,19,20);1H. The van der Waals surface area contributed by atoms with Gasteiger partial charge in [0.05, 0.1) is 17.2 Å². The van der Waals surface area contributed by atoms with E-state index in [0.717, 1.165) is 48.8 Å². The Morgan fingerprint density at radius 3 is 2.68 bits per heavy atom. The zero-order valence-corrected chi connectivity index (χ0v) is 18.9. The predicted octanol–water partition coefficient (Wildman–Crippen LogP) is 3.26. The number of nitrogens with zero attached hydrogens (tertiary/aromatic N) is 4. The monoisotopic (exact) mass is 477 g/mol. The van der Waals surface area contributed by atoms with Crippen molar-refractivity contribution in [2.24, 2.45) is 10.9 Å². The highest BCUT2D eigenvalue weighted by molar-refractivity contribution is 14.0. The predicted molar refractivity (Wildman–Crippen MR) is 117 cm³/mol. The number of aryl methyl sites for hydroxylation is 2. The highest BCUT2D eigenvalue weighted by atomic mass is 127. The molecule has 7 heteroatoms. The molecule has 1 atom stereocenters. The Morgan fingerprint density at radius 1 is 1.28 bits per heavy atom. The lowest BCUT2D eigenvalue weighted by Crippen LogP contribution is -2.40. The Kier molecular flexibility index (Phi) is 8.41. The van der Waals surface area contributed by atoms with Gasteiger partial charge in [0.1, 0.15) is 0 Å². The first kappa shape index (κ1) is 20.9. The van der Waals surface area contributed by atoms with Gasteiger partial charge in [-0.1, -0.05) is 0 Å². The second-order valence-corrected chi connectivity index (χ2v) is 8.31. The maximum absolute atomic E-state index is 4.89. The number of likely N-dealkylation sites (tertiary alicyclic amines) is 2. The van der Waals surface area contributed by atoms with E-state index in [1.54, 1.807) is 11.3 Å². The zero-order valence-electron chi connectivity index (χ0n) is 15.8. The van der Waals surface area contributed by atoms with Gasteiger partial charge in [0.15, 0.2) is 5.96 Å². The third-order valence-electron chi connectivity index (χ3n) is 5.01. The summed E-state index contributed by atoms with van der Waals surface area (Å²) >= 11 is 1.77. The van der Waals surface area contributed by atoms with Crippen molar-refractivity contribution in [3.05, 3.63) is 15.6 Å². The molecule has 2 aliphatic rings. The molecule has 0 aromatic carbocycles. The van der Waals surface area contributed by atoms with Crippen molar-refractivity contribution in [1.82, 2.24) is 20.1 Å². The number of aromatic nitrogens is 1. The molecule has 1 aromatic heterocycles. The van der Waals surface area contributed by atoms with Crippen molar-refractivity contribution in [1.29, 1.82) is 0 Å². The van der Waals surface area contributed by atoms with Gasteiger partial charge in [0, 0.05) is 31.1 Å². The highest BCUT2D eigenvalue weighted by Crippen LogP contribution is 2.21. The molecule has 1 N–H and O–H groups in total. The first-order valence-corrected chi connectivity index (χ1v) is 10.2. The van der Waals surface area contributed by atoms with Gasteiger partial charge >= 0.3 is 0 Å². The largest absolute Gasteiger partial charge is 0.357 e. The van der Waals surface area contributed by atoms with Gasteiger partial charge in [-0.15, -0.1) is 35.3 Å². The minimum atomic E-state index is 0. The van der Waals surface area contributed by atoms with Crippen molar-refractivity contribution in [3.63, 3.8) is 0 Å². The number of rotatable bonds is 5. The van der Waals surface area contributed by atoms with Crippen LogP contribution in [0.5, 0.6) is 0 Å². The number of nitrogens with one attached hydrogen (secondary N) is 1. The van der Waals surface area contributed by atoms with Gasteiger partial charge < -0.3 is 15.1 Å². The van der Waals surface area contributed by atoms with Crippen molar-refractivity contribution >= 4 is 41.3 Å². The lowest BCUT2D eigenvalue weighted by molar-refractivity contribution is 0.281. The van der Waals surface area contributed by atoms with Crippen LogP contribution in [0.25, 0.3) is 0 Å². The van der Waals surface area contributed by atoms with Crippen LogP contribution in [0.3, 0.4) is 0 Å². The third kappa shape index (κ3) is 5.79. The fourth-order valence-corrected chi connectivity index (χ4v) is 4.66. The van der Waals surface area contributed by atoms with Gasteiger partial charge in [0.2, 0.25) is 0 Å². The smallest absolute Gasteiger partial charge is 0.194 e. The average Bonchev–Trinajstić information content (AvgIpc) is 3.27. The summed E-state index contributed by atoms with van der Waals surface area (Å²) in [5.74, 6) is 1.87. The zero-order chi connectivity index (χ0) is 16.9. The van der Waals surface area contributed by atoms with E-state index in [4.69, 9.17) is 4.99 Å². The fraction of sp³-hybridized carbons (Fsp3) is 0.778. The first-order chi connectivity index (χ1) is 11.7. The van der Waals surface area contributed by atoms with E-state index in [0.29, 0.717) is 0 Å². The van der Waals surface area contributed by atoms with Crippen LogP contribution in [-0.4, -0.2) is 60.0 Å². The Balaban J connectivity index is 0.00000225. The minimum absolute atomic E-state index is 0. The molecule has 1 aromatic rings. The summed E-state index contributed by atoms with van der Waals surface area (Å²) in [6.45, 7) is 14.1. The number of guanidine groups is 1. The first-order valence-electron chi connectivity index (χ1n) is 9.34. The molecule has 3 rings (SSSR count). The summed E-state index contributed by atoms with van der Waals surface area (Å²) in [5.41, 5.74) is 1.13. The summed E-state index contributed by atoms with van der Waals surface area (Å²) in [7, 11) is 0. The van der Waals surface area contributed by atoms with E-state index in [1.165, 1.54) is 43.8 Å². The molecule has 3 heterocycles. The van der Waals surface area contributed by atoms with Gasteiger partial charge in [-0.05, 0) is 59.0 Å². The summed E-state index contributed by atoms with van der Waals surface area (Å²) in [4.78, 5) is 15.8. The lowest BCUT2D eigenvalue weighted by Gasteiger charge is -2.23. The van der Waals surface area contributed by atoms with Gasteiger partial charge in [-0.2, -0.15) is 0 Å². The van der Waals surface area contributed by atoms with E-state index in [9.17, 15) is 0 Å². The van der Waals surface area contributed by atoms with Crippen LogP contribution in [0.15, 0.2) is 4.99 Å². The molecule has 2 aliphatic heterocycles. The Hall–Kier alpha value is -0.410. The average molecular weight is 477 g/mol. The molecular weight excluding hydrogens is 445 g/mol. The maximum Gasteiger partial charge on any atom is 0.194 e. The summed E-state index contributed by atoms with van der Waals surface area (Å²) in [6, 6.07) is 0. The van der Waals surface area contributed by atoms with Crippen LogP contribution in [0.1, 0.15) is 41.8 Å². The molecular formula is C18H32IN5S. The van der Waals surface area contributed by atoms with Crippen molar-refractivity contribution in [3.8, 4) is 0 Å². The molecule has 142 valence electrons. The van der Waals surface area contributed by atoms with Crippen molar-refractivity contribution < 1.29 is 0 Å². The van der Waals surface area contributed by atoms with Crippen LogP contribution < -0.4 is 5.32 Å². The number of hydrogen-bond acceptors (Lipinski definition) is 4. The molecule has 5 nitrogen and oxygen atoms in total. The Labute approximate surface area is 173 Å². The number of hydrogen-bond donors (Lipinski definition) is 1. The van der Waals surface area contributed by atoms with E-state index in [2.05, 4.69) is 40.9 Å². The van der Waals surface area contributed by atoms with Gasteiger partial charge in [-0.3, -0.25) is 0 Å². The van der Waals surface area contributed by atoms with Gasteiger partial charge in [-0.25, -0.2) is 9.98 Å². The minimum Gasteiger partial charge on any atom is -0.357 e. The summed E-state index contributed by atoms with van der Waals surface area (Å²) in [5, 5.41) is 4.62. The topological polar surface area (TPSA) is 43.8 Å². The van der Waals surface area contributed by atoms with Crippen molar-refractivity contribution in [2.45, 2.75) is 46.6 Å². The van der Waals surface area contributed by atoms with Crippen molar-refractivity contribution in [2.75, 3.05) is 39.3 Å². The summed E-state index contributed by atoms with van der Waals surface area (Å²) < 4.78 is 0. The highest BCUT2D eigenvalue weighted by Gasteiger charge is 2.27. The molecule has 0 aliphatic carbocycles. The van der Waals surface area contributed by atoms with E-state index < -0.39 is 0 Å². The molecule has 2 saturated heterocycles. The maximum atomic E-state index is 4.89. The van der Waals surface area contributed by atoms with Crippen LogP contribution in [0, 0.1) is 19.8 Å². The molecule has 0 bridgehead atoms. The molecule has 2 fully saturated rings. The van der Waals surface area contributed by atoms with Crippen LogP contribution in [0.2, 0.25) is 0 Å². The lowest BCUT2D eigenvalue weighted by atomic mass is 10.1. The van der Waals surface area contributed by atoms with E-state index >= 15 is 0 Å². The Bertz CT molecular complexity index is 568. The SMILES string of the molecule is CCNC(=NCc1sc(C)nc1C)N1CCC(CN2CCCC2)C1.I. The molecule has 1 unspecified atom stereocenters. The molecule has 0 amide bonds. The van der Waals surface area contributed by atoms with Crippen LogP contribution >= 0.6 is 35.3 Å². The second-order valence-electron chi connectivity index (χ2n) is 7.02. The number of aliphatic imine (C=N–C) groups is 1. The fourth-order valence-electron chi connectivity index (χ4n) is 3.80. The Morgan fingerprint density at radius 2 is 2.04 bits per heavy atom. The molecule has 0 radical (unpaired) electrons. The normalized spacial score (nSPS) is 21.6. The summed E-state index contributed by atoms with van der Waals surface area (Å²) in [6.07, 6.45) is 4.06. The van der Waals surface area contributed by atoms with Crippen LogP contribution in [0.4, 0.5) is 0 Å². The molecule has 25 heavy (non-hydrogen) atoms. The second kappa shape index (κ2) is 10.1. The van der Waals surface area contributed by atoms with E-state index in [-0.39, 0.29) is 24.0 Å².